The Labute approximate surface area is 141 Å². The van der Waals surface area contributed by atoms with Gasteiger partial charge >= 0.3 is 0 Å². The van der Waals surface area contributed by atoms with Gasteiger partial charge in [-0.1, -0.05) is 23.7 Å². The minimum atomic E-state index is 0.126. The molecule has 0 fully saturated rings. The van der Waals surface area contributed by atoms with Crippen molar-refractivity contribution in [2.75, 3.05) is 6.61 Å². The Morgan fingerprint density at radius 3 is 2.65 bits per heavy atom. The largest absolute Gasteiger partial charge is 0.508 e. The van der Waals surface area contributed by atoms with Crippen LogP contribution < -0.4 is 4.74 Å². The highest BCUT2D eigenvalue weighted by atomic mass is 35.5. The van der Waals surface area contributed by atoms with Crippen molar-refractivity contribution in [1.82, 2.24) is 0 Å². The third kappa shape index (κ3) is 3.98. The monoisotopic (exact) mass is 332 g/mol. The summed E-state index contributed by atoms with van der Waals surface area (Å²) in [5.41, 5.74) is 3.16. The van der Waals surface area contributed by atoms with Crippen LogP contribution in [0.25, 0.3) is 0 Å². The summed E-state index contributed by atoms with van der Waals surface area (Å²) in [6.07, 6.45) is 4.16. The first-order valence-electron chi connectivity index (χ1n) is 8.02. The highest BCUT2D eigenvalue weighted by Gasteiger charge is 2.24. The highest BCUT2D eigenvalue weighted by molar-refractivity contribution is 6.30. The third-order valence-electron chi connectivity index (χ3n) is 4.28. The van der Waals surface area contributed by atoms with Crippen molar-refractivity contribution < 1.29 is 14.9 Å². The van der Waals surface area contributed by atoms with Crippen LogP contribution in [-0.2, 0) is 19.3 Å². The second-order valence-corrected chi connectivity index (χ2v) is 6.46. The lowest BCUT2D eigenvalue weighted by Gasteiger charge is -2.11. The summed E-state index contributed by atoms with van der Waals surface area (Å²) < 4.78 is 6.03. The molecule has 0 spiro atoms. The van der Waals surface area contributed by atoms with E-state index in [9.17, 15) is 5.11 Å². The second-order valence-electron chi connectivity index (χ2n) is 6.02. The minimum absolute atomic E-state index is 0.126. The van der Waals surface area contributed by atoms with Crippen LogP contribution >= 0.6 is 11.6 Å². The average molecular weight is 333 g/mol. The maximum Gasteiger partial charge on any atom is 0.123 e. The van der Waals surface area contributed by atoms with Gasteiger partial charge in [0, 0.05) is 23.6 Å². The normalized spacial score (nSPS) is 16.2. The van der Waals surface area contributed by atoms with Crippen molar-refractivity contribution in [1.29, 1.82) is 0 Å². The van der Waals surface area contributed by atoms with Gasteiger partial charge < -0.3 is 14.9 Å². The number of ether oxygens (including phenoxy) is 1. The zero-order valence-electron chi connectivity index (χ0n) is 13.0. The van der Waals surface area contributed by atoms with Crippen LogP contribution in [0.1, 0.15) is 29.5 Å². The number of fused-ring (bicyclic) bond motifs is 1. The van der Waals surface area contributed by atoms with Crippen LogP contribution in [0.2, 0.25) is 5.02 Å². The first kappa shape index (κ1) is 16.2. The Morgan fingerprint density at radius 2 is 1.91 bits per heavy atom. The van der Waals surface area contributed by atoms with Gasteiger partial charge in [-0.3, -0.25) is 0 Å². The minimum Gasteiger partial charge on any atom is -0.508 e. The quantitative estimate of drug-likeness (QED) is 0.843. The van der Waals surface area contributed by atoms with Crippen molar-refractivity contribution in [3.8, 4) is 11.5 Å². The molecule has 0 saturated carbocycles. The SMILES string of the molecule is OCCCc1cc2c(cc1O)CC(CCc1ccc(Cl)cc1)O2. The molecule has 2 aromatic carbocycles. The summed E-state index contributed by atoms with van der Waals surface area (Å²) in [5.74, 6) is 1.18. The van der Waals surface area contributed by atoms with Gasteiger partial charge in [0.15, 0.2) is 0 Å². The number of aliphatic hydroxyl groups excluding tert-OH is 1. The van der Waals surface area contributed by atoms with Crippen LogP contribution in [0.5, 0.6) is 11.5 Å². The number of aliphatic hydroxyl groups is 1. The molecule has 1 atom stereocenters. The molecule has 3 rings (SSSR count). The van der Waals surface area contributed by atoms with Crippen molar-refractivity contribution in [3.05, 3.63) is 58.1 Å². The summed E-state index contributed by atoms with van der Waals surface area (Å²) in [4.78, 5) is 0. The van der Waals surface area contributed by atoms with Gasteiger partial charge in [0.2, 0.25) is 0 Å². The van der Waals surface area contributed by atoms with E-state index in [1.165, 1.54) is 5.56 Å². The molecule has 1 aliphatic heterocycles. The fraction of sp³-hybridized carbons (Fsp3) is 0.368. The van der Waals surface area contributed by atoms with Crippen LogP contribution in [0.15, 0.2) is 36.4 Å². The van der Waals surface area contributed by atoms with Gasteiger partial charge in [-0.2, -0.15) is 0 Å². The number of benzene rings is 2. The Balaban J connectivity index is 1.61. The smallest absolute Gasteiger partial charge is 0.123 e. The van der Waals surface area contributed by atoms with Gasteiger partial charge in [-0.05, 0) is 61.1 Å². The van der Waals surface area contributed by atoms with Crippen molar-refractivity contribution in [2.45, 2.75) is 38.2 Å². The standard InChI is InChI=1S/C19H21ClO3/c20-16-6-3-13(4-7-16)5-8-17-10-15-11-18(22)14(2-1-9-21)12-19(15)23-17/h3-4,6-7,11-12,17,21-22H,1-2,5,8-10H2. The van der Waals surface area contributed by atoms with E-state index in [1.807, 2.05) is 36.4 Å². The molecule has 4 heteroatoms. The number of rotatable bonds is 6. The molecule has 1 unspecified atom stereocenters. The molecule has 3 nitrogen and oxygen atoms in total. The predicted molar refractivity (Wildman–Crippen MR) is 91.4 cm³/mol. The number of hydrogen-bond acceptors (Lipinski definition) is 3. The first-order chi connectivity index (χ1) is 11.2. The van der Waals surface area contributed by atoms with Crippen LogP contribution in [-0.4, -0.2) is 22.9 Å². The zero-order valence-corrected chi connectivity index (χ0v) is 13.7. The molecule has 1 aliphatic rings. The predicted octanol–water partition coefficient (Wildman–Crippen LogP) is 3.91. The Kier molecular flexibility index (Phi) is 5.09. The van der Waals surface area contributed by atoms with Crippen molar-refractivity contribution >= 4 is 11.6 Å². The summed E-state index contributed by atoms with van der Waals surface area (Å²) in [6.45, 7) is 0.126. The lowest BCUT2D eigenvalue weighted by molar-refractivity contribution is 0.221. The van der Waals surface area contributed by atoms with Gasteiger partial charge in [0.25, 0.3) is 0 Å². The summed E-state index contributed by atoms with van der Waals surface area (Å²) in [5, 5.41) is 19.8. The number of phenols is 1. The number of hydrogen-bond donors (Lipinski definition) is 2. The molecule has 122 valence electrons. The number of halogens is 1. The molecule has 1 heterocycles. The van der Waals surface area contributed by atoms with Gasteiger partial charge in [-0.25, -0.2) is 0 Å². The van der Waals surface area contributed by atoms with E-state index in [0.717, 1.165) is 41.2 Å². The fourth-order valence-corrected chi connectivity index (χ4v) is 3.12. The fourth-order valence-electron chi connectivity index (χ4n) is 3.00. The molecule has 0 aliphatic carbocycles. The molecule has 0 bridgehead atoms. The van der Waals surface area contributed by atoms with Gasteiger partial charge in [0.05, 0.1) is 0 Å². The maximum atomic E-state index is 10.1. The third-order valence-corrected chi connectivity index (χ3v) is 4.53. The second kappa shape index (κ2) is 7.24. The summed E-state index contributed by atoms with van der Waals surface area (Å²) in [6, 6.07) is 11.6. The van der Waals surface area contributed by atoms with E-state index in [1.54, 1.807) is 0 Å². The number of phenolic OH excluding ortho intramolecular Hbond substituents is 1. The lowest BCUT2D eigenvalue weighted by Crippen LogP contribution is -2.13. The topological polar surface area (TPSA) is 49.7 Å². The Bertz CT molecular complexity index is 667. The van der Waals surface area contributed by atoms with Crippen molar-refractivity contribution in [2.24, 2.45) is 0 Å². The Hall–Kier alpha value is -1.71. The molecule has 0 radical (unpaired) electrons. The molecule has 2 N–H and O–H groups in total. The molecular formula is C19H21ClO3. The summed E-state index contributed by atoms with van der Waals surface area (Å²) in [7, 11) is 0. The van der Waals surface area contributed by atoms with E-state index in [4.69, 9.17) is 21.4 Å². The molecule has 23 heavy (non-hydrogen) atoms. The van der Waals surface area contributed by atoms with E-state index >= 15 is 0 Å². The molecule has 0 saturated heterocycles. The number of aromatic hydroxyl groups is 1. The van der Waals surface area contributed by atoms with E-state index in [-0.39, 0.29) is 12.7 Å². The van der Waals surface area contributed by atoms with E-state index in [2.05, 4.69) is 0 Å². The van der Waals surface area contributed by atoms with Gasteiger partial charge in [0.1, 0.15) is 17.6 Å². The van der Waals surface area contributed by atoms with Crippen LogP contribution in [0.4, 0.5) is 0 Å². The average Bonchev–Trinajstić information content (AvgIpc) is 2.93. The van der Waals surface area contributed by atoms with E-state index in [0.29, 0.717) is 18.6 Å². The van der Waals surface area contributed by atoms with E-state index < -0.39 is 0 Å². The first-order valence-corrected chi connectivity index (χ1v) is 8.40. The molecule has 0 amide bonds. The molecule has 0 aromatic heterocycles. The maximum absolute atomic E-state index is 10.1. The lowest BCUT2D eigenvalue weighted by atomic mass is 10.0. The Morgan fingerprint density at radius 1 is 1.13 bits per heavy atom. The molecular weight excluding hydrogens is 312 g/mol. The van der Waals surface area contributed by atoms with Crippen LogP contribution in [0, 0.1) is 0 Å². The highest BCUT2D eigenvalue weighted by Crippen LogP contribution is 2.36. The van der Waals surface area contributed by atoms with Crippen LogP contribution in [0.3, 0.4) is 0 Å². The zero-order chi connectivity index (χ0) is 16.2. The molecule has 2 aromatic rings. The summed E-state index contributed by atoms with van der Waals surface area (Å²) >= 11 is 5.90. The van der Waals surface area contributed by atoms with Gasteiger partial charge in [-0.15, -0.1) is 0 Å². The van der Waals surface area contributed by atoms with Crippen molar-refractivity contribution in [3.63, 3.8) is 0 Å². The number of aryl methyl sites for hydroxylation is 2.